The fourth-order valence-corrected chi connectivity index (χ4v) is 2.23. The highest BCUT2D eigenvalue weighted by atomic mass is 16.5. The fourth-order valence-electron chi connectivity index (χ4n) is 2.23. The van der Waals surface area contributed by atoms with Gasteiger partial charge in [0, 0.05) is 25.2 Å². The summed E-state index contributed by atoms with van der Waals surface area (Å²) in [5.74, 6) is -1.35. The number of esters is 1. The van der Waals surface area contributed by atoms with Crippen molar-refractivity contribution in [2.24, 2.45) is 13.0 Å². The molecular weight excluding hydrogens is 322 g/mol. The van der Waals surface area contributed by atoms with Gasteiger partial charge in [-0.1, -0.05) is 27.4 Å². The fraction of sp³-hybridized carbons (Fsp3) is 0.500. The third-order valence-electron chi connectivity index (χ3n) is 3.96. The van der Waals surface area contributed by atoms with E-state index in [1.807, 2.05) is 20.8 Å². The smallest absolute Gasteiger partial charge is 0.306 e. The molecule has 0 aromatic carbocycles. The minimum Gasteiger partial charge on any atom is -0.503 e. The molecule has 0 aliphatic heterocycles. The molecule has 0 spiro atoms. The topological polar surface area (TPSA) is 93.5 Å². The van der Waals surface area contributed by atoms with Gasteiger partial charge in [0.1, 0.15) is 6.61 Å². The van der Waals surface area contributed by atoms with Crippen LogP contribution in [0.2, 0.25) is 0 Å². The van der Waals surface area contributed by atoms with Crippen LogP contribution in [0.1, 0.15) is 51.3 Å². The Balaban J connectivity index is 3.10. The van der Waals surface area contributed by atoms with Crippen molar-refractivity contribution in [3.8, 4) is 0 Å². The Morgan fingerprint density at radius 1 is 1.48 bits per heavy atom. The van der Waals surface area contributed by atoms with E-state index in [2.05, 4.69) is 17.0 Å². The number of nitrogens with zero attached hydrogens (tertiary/aromatic N) is 2. The number of aromatic nitrogens is 2. The number of nitrogens with one attached hydrogen (secondary N) is 1. The van der Waals surface area contributed by atoms with Crippen LogP contribution in [0.4, 0.5) is 0 Å². The lowest BCUT2D eigenvalue weighted by Crippen LogP contribution is -2.20. The van der Waals surface area contributed by atoms with Gasteiger partial charge in [-0.25, -0.2) is 0 Å². The highest BCUT2D eigenvalue weighted by Crippen LogP contribution is 2.28. The molecule has 0 aliphatic rings. The molecule has 0 bridgehead atoms. The molecule has 0 aliphatic carbocycles. The summed E-state index contributed by atoms with van der Waals surface area (Å²) >= 11 is 0. The molecule has 1 aromatic heterocycles. The van der Waals surface area contributed by atoms with Crippen LogP contribution < -0.4 is 5.32 Å². The lowest BCUT2D eigenvalue weighted by atomic mass is 9.93. The number of carbonyl (C=O) groups excluding carboxylic acids is 2. The molecule has 0 fully saturated rings. The predicted molar refractivity (Wildman–Crippen MR) is 95.3 cm³/mol. The maximum Gasteiger partial charge on any atom is 0.306 e. The Labute approximate surface area is 148 Å². The number of allylic oxidation sites excluding steroid dienone is 1. The first-order valence-corrected chi connectivity index (χ1v) is 8.37. The van der Waals surface area contributed by atoms with E-state index >= 15 is 0 Å². The largest absolute Gasteiger partial charge is 0.503 e. The van der Waals surface area contributed by atoms with Gasteiger partial charge in [0.25, 0.3) is 5.91 Å². The van der Waals surface area contributed by atoms with Crippen LogP contribution in [0.5, 0.6) is 0 Å². The van der Waals surface area contributed by atoms with Crippen LogP contribution in [-0.2, 0) is 28.0 Å². The quantitative estimate of drug-likeness (QED) is 0.406. The van der Waals surface area contributed by atoms with Crippen molar-refractivity contribution >= 4 is 17.4 Å². The zero-order valence-corrected chi connectivity index (χ0v) is 15.3. The van der Waals surface area contributed by atoms with E-state index in [9.17, 15) is 9.59 Å². The van der Waals surface area contributed by atoms with Gasteiger partial charge in [0.2, 0.25) is 0 Å². The molecule has 0 saturated carbocycles. The second kappa shape index (κ2) is 9.66. The molecule has 1 unspecified atom stereocenters. The Morgan fingerprint density at radius 2 is 2.16 bits per heavy atom. The summed E-state index contributed by atoms with van der Waals surface area (Å²) in [6.45, 7) is 9.27. The van der Waals surface area contributed by atoms with Gasteiger partial charge in [0.05, 0.1) is 11.9 Å². The van der Waals surface area contributed by atoms with Crippen LogP contribution in [0.25, 0.3) is 5.57 Å². The van der Waals surface area contributed by atoms with Gasteiger partial charge >= 0.3 is 5.97 Å². The highest BCUT2D eigenvalue weighted by Gasteiger charge is 2.19. The first-order chi connectivity index (χ1) is 11.8. The first-order valence-electron chi connectivity index (χ1n) is 8.37. The monoisotopic (exact) mass is 349 g/mol. The van der Waals surface area contributed by atoms with Gasteiger partial charge in [-0.05, 0) is 24.3 Å². The summed E-state index contributed by atoms with van der Waals surface area (Å²) in [7, 11) is 1.77. The summed E-state index contributed by atoms with van der Waals surface area (Å²) in [6.07, 6.45) is 5.17. The Morgan fingerprint density at radius 3 is 2.72 bits per heavy atom. The van der Waals surface area contributed by atoms with Crippen LogP contribution in [-0.4, -0.2) is 26.8 Å². The van der Waals surface area contributed by atoms with E-state index in [0.29, 0.717) is 6.42 Å². The zero-order chi connectivity index (χ0) is 19.0. The van der Waals surface area contributed by atoms with E-state index in [4.69, 9.17) is 9.84 Å². The first kappa shape index (κ1) is 20.5. The number of ether oxygens (including phenoxy) is 1. The second-order valence-corrected chi connectivity index (χ2v) is 5.87. The number of carbonyl (C=O) groups is 2. The van der Waals surface area contributed by atoms with Crippen LogP contribution >= 0.6 is 0 Å². The lowest BCUT2D eigenvalue weighted by molar-refractivity contribution is -0.145. The van der Waals surface area contributed by atoms with E-state index in [0.717, 1.165) is 29.7 Å². The van der Waals surface area contributed by atoms with Crippen LogP contribution in [0.3, 0.4) is 0 Å². The zero-order valence-electron chi connectivity index (χ0n) is 15.3. The van der Waals surface area contributed by atoms with Gasteiger partial charge in [-0.15, -0.1) is 0 Å². The minimum atomic E-state index is -0.666. The number of amides is 1. The molecule has 1 aromatic rings. The molecule has 1 rings (SSSR count). The minimum absolute atomic E-state index is 0.110. The van der Waals surface area contributed by atoms with Crippen molar-refractivity contribution in [2.75, 3.05) is 0 Å². The molecule has 2 N–H and O–H groups in total. The Kier molecular flexibility index (Phi) is 7.91. The summed E-state index contributed by atoms with van der Waals surface area (Å²) in [5.41, 5.74) is 2.38. The third kappa shape index (κ3) is 5.77. The van der Waals surface area contributed by atoms with Gasteiger partial charge in [-0.2, -0.15) is 5.10 Å². The van der Waals surface area contributed by atoms with Crippen molar-refractivity contribution in [1.82, 2.24) is 15.1 Å². The van der Waals surface area contributed by atoms with Gasteiger partial charge in [-0.3, -0.25) is 14.3 Å². The van der Waals surface area contributed by atoms with Crippen molar-refractivity contribution in [3.63, 3.8) is 0 Å². The summed E-state index contributed by atoms with van der Waals surface area (Å²) < 4.78 is 6.96. The third-order valence-corrected chi connectivity index (χ3v) is 3.96. The van der Waals surface area contributed by atoms with Crippen molar-refractivity contribution in [1.29, 1.82) is 0 Å². The summed E-state index contributed by atoms with van der Waals surface area (Å²) in [5, 5.41) is 15.9. The summed E-state index contributed by atoms with van der Waals surface area (Å²) in [4.78, 5) is 23.2. The number of hydrogen-bond acceptors (Lipinski definition) is 5. The lowest BCUT2D eigenvalue weighted by Gasteiger charge is -2.16. The van der Waals surface area contributed by atoms with Crippen molar-refractivity contribution in [2.45, 2.75) is 46.6 Å². The van der Waals surface area contributed by atoms with Crippen LogP contribution in [0, 0.1) is 5.92 Å². The SMILES string of the molecule is C=C(O)C(=O)N/C=C(/c1cnn(C)c1COC(=O)CCC)C(C)CC. The molecule has 25 heavy (non-hydrogen) atoms. The Hall–Kier alpha value is -2.57. The van der Waals surface area contributed by atoms with Crippen molar-refractivity contribution < 1.29 is 19.4 Å². The average Bonchev–Trinajstić information content (AvgIpc) is 2.93. The molecule has 7 heteroatoms. The number of rotatable bonds is 9. The van der Waals surface area contributed by atoms with E-state index < -0.39 is 11.7 Å². The van der Waals surface area contributed by atoms with Gasteiger partial charge < -0.3 is 15.2 Å². The Bertz CT molecular complexity index is 661. The maximum atomic E-state index is 11.6. The molecule has 0 radical (unpaired) electrons. The molecule has 138 valence electrons. The molecule has 1 atom stereocenters. The maximum absolute atomic E-state index is 11.6. The number of hydrogen-bond donors (Lipinski definition) is 2. The van der Waals surface area contributed by atoms with Gasteiger partial charge in [0.15, 0.2) is 5.76 Å². The van der Waals surface area contributed by atoms with E-state index in [1.54, 1.807) is 24.1 Å². The van der Waals surface area contributed by atoms with E-state index in [-0.39, 0.29) is 18.5 Å². The molecule has 1 amide bonds. The average molecular weight is 349 g/mol. The second-order valence-electron chi connectivity index (χ2n) is 5.87. The van der Waals surface area contributed by atoms with E-state index in [1.165, 1.54) is 0 Å². The normalized spacial score (nSPS) is 12.6. The summed E-state index contributed by atoms with van der Waals surface area (Å²) in [6, 6.07) is 0. The number of aliphatic hydroxyl groups is 1. The molecule has 7 nitrogen and oxygen atoms in total. The highest BCUT2D eigenvalue weighted by molar-refractivity contribution is 5.92. The van der Waals surface area contributed by atoms with Crippen molar-refractivity contribution in [3.05, 3.63) is 36.0 Å². The molecule has 0 saturated heterocycles. The standard InChI is InChI=1S/C18H27N3O4/c1-6-8-17(23)25-11-16-15(10-20-21(16)5)14(12(3)7-2)9-19-18(24)13(4)22/h9-10,12,22H,4,6-8,11H2,1-3,5H3,(H,19,24)/b14-9+. The predicted octanol–water partition coefficient (Wildman–Crippen LogP) is 2.84. The number of aliphatic hydroxyl groups excluding tert-OH is 1. The number of aryl methyl sites for hydroxylation is 1. The van der Waals surface area contributed by atoms with Crippen LogP contribution in [0.15, 0.2) is 24.7 Å². The molecule has 1 heterocycles. The molecular formula is C18H27N3O4.